The second-order valence-electron chi connectivity index (χ2n) is 7.91. The Bertz CT molecular complexity index is 311. The lowest BCUT2D eigenvalue weighted by Gasteiger charge is -2.54. The average Bonchev–Trinajstić information content (AvgIpc) is 2.45. The summed E-state index contributed by atoms with van der Waals surface area (Å²) in [6.07, 6.45) is 10.8. The van der Waals surface area contributed by atoms with Crippen molar-refractivity contribution in [2.45, 2.75) is 109 Å². The monoisotopic (exact) mass is 280 g/mol. The molecule has 2 aliphatic rings. The van der Waals surface area contributed by atoms with Crippen LogP contribution in [0, 0.1) is 5.92 Å². The summed E-state index contributed by atoms with van der Waals surface area (Å²) in [6.45, 7) is 12.0. The maximum Gasteiger partial charge on any atom is 0.0196 e. The maximum absolute atomic E-state index is 4.05. The minimum atomic E-state index is 0.273. The van der Waals surface area contributed by atoms with E-state index < -0.39 is 0 Å². The predicted molar refractivity (Wildman–Crippen MR) is 88.1 cm³/mol. The van der Waals surface area contributed by atoms with E-state index in [1.165, 1.54) is 51.4 Å². The van der Waals surface area contributed by atoms with Crippen molar-refractivity contribution < 1.29 is 0 Å². The van der Waals surface area contributed by atoms with Crippen molar-refractivity contribution in [3.8, 4) is 0 Å². The van der Waals surface area contributed by atoms with E-state index in [9.17, 15) is 0 Å². The van der Waals surface area contributed by atoms with E-state index in [1.807, 2.05) is 0 Å². The molecule has 4 atom stereocenters. The predicted octanol–water partition coefficient (Wildman–Crippen LogP) is 4.24. The van der Waals surface area contributed by atoms with Crippen molar-refractivity contribution in [1.82, 2.24) is 10.6 Å². The van der Waals surface area contributed by atoms with Crippen molar-refractivity contribution >= 4 is 0 Å². The van der Waals surface area contributed by atoms with Crippen molar-refractivity contribution in [1.29, 1.82) is 0 Å². The van der Waals surface area contributed by atoms with Gasteiger partial charge in [0, 0.05) is 23.2 Å². The van der Waals surface area contributed by atoms with E-state index in [2.05, 4.69) is 45.3 Å². The van der Waals surface area contributed by atoms with Crippen LogP contribution < -0.4 is 10.6 Å². The lowest BCUT2D eigenvalue weighted by atomic mass is 9.68. The summed E-state index contributed by atoms with van der Waals surface area (Å²) in [4.78, 5) is 0. The third kappa shape index (κ3) is 3.39. The second-order valence-corrected chi connectivity index (χ2v) is 7.91. The van der Waals surface area contributed by atoms with Crippen molar-refractivity contribution in [3.63, 3.8) is 0 Å². The van der Waals surface area contributed by atoms with Gasteiger partial charge in [-0.3, -0.25) is 0 Å². The largest absolute Gasteiger partial charge is 0.311 e. The third-order valence-electron chi connectivity index (χ3n) is 6.44. The van der Waals surface area contributed by atoms with E-state index >= 15 is 0 Å². The normalized spacial score (nSPS) is 43.6. The summed E-state index contributed by atoms with van der Waals surface area (Å²) in [7, 11) is 0. The lowest BCUT2D eigenvalue weighted by molar-refractivity contribution is 0.0515. The molecule has 1 aliphatic carbocycles. The number of piperidine rings is 1. The quantitative estimate of drug-likeness (QED) is 0.804. The molecule has 2 fully saturated rings. The van der Waals surface area contributed by atoms with Gasteiger partial charge in [-0.1, -0.05) is 40.0 Å². The lowest BCUT2D eigenvalue weighted by Crippen LogP contribution is -2.68. The molecule has 20 heavy (non-hydrogen) atoms. The van der Waals surface area contributed by atoms with E-state index in [1.54, 1.807) is 0 Å². The Kier molecular flexibility index (Phi) is 5.18. The zero-order valence-electron chi connectivity index (χ0n) is 14.4. The van der Waals surface area contributed by atoms with Crippen LogP contribution in [0.1, 0.15) is 86.0 Å². The molecule has 0 aromatic heterocycles. The van der Waals surface area contributed by atoms with Crippen LogP contribution in [0.15, 0.2) is 0 Å². The minimum absolute atomic E-state index is 0.273. The molecule has 0 amide bonds. The van der Waals surface area contributed by atoms with Crippen molar-refractivity contribution in [3.05, 3.63) is 0 Å². The molecule has 2 rings (SSSR count). The average molecular weight is 280 g/mol. The summed E-state index contributed by atoms with van der Waals surface area (Å²) in [5, 5.41) is 8.03. The SMILES string of the molecule is CCC1(C)CC(NC2CCCCC2)C(C)C(C)(CC)N1. The zero-order chi connectivity index (χ0) is 14.8. The highest BCUT2D eigenvalue weighted by Crippen LogP contribution is 2.38. The fourth-order valence-corrected chi connectivity index (χ4v) is 4.38. The van der Waals surface area contributed by atoms with Crippen LogP contribution >= 0.6 is 0 Å². The van der Waals surface area contributed by atoms with Gasteiger partial charge in [0.15, 0.2) is 0 Å². The Morgan fingerprint density at radius 2 is 1.70 bits per heavy atom. The van der Waals surface area contributed by atoms with E-state index in [-0.39, 0.29) is 5.54 Å². The van der Waals surface area contributed by atoms with Gasteiger partial charge < -0.3 is 10.6 Å². The first-order valence-corrected chi connectivity index (χ1v) is 8.98. The summed E-state index contributed by atoms with van der Waals surface area (Å²) < 4.78 is 0. The Hall–Kier alpha value is -0.0800. The molecular formula is C18H36N2. The molecule has 0 aromatic rings. The fraction of sp³-hybridized carbons (Fsp3) is 1.00. The van der Waals surface area contributed by atoms with Crippen LogP contribution in [0.5, 0.6) is 0 Å². The maximum atomic E-state index is 4.05. The molecule has 118 valence electrons. The van der Waals surface area contributed by atoms with Gasteiger partial charge >= 0.3 is 0 Å². The van der Waals surface area contributed by atoms with E-state index in [0.29, 0.717) is 17.5 Å². The van der Waals surface area contributed by atoms with E-state index in [0.717, 1.165) is 6.04 Å². The Morgan fingerprint density at radius 1 is 1.05 bits per heavy atom. The molecule has 1 heterocycles. The van der Waals surface area contributed by atoms with Gasteiger partial charge in [-0.25, -0.2) is 0 Å². The first-order chi connectivity index (χ1) is 9.42. The number of rotatable bonds is 4. The highest BCUT2D eigenvalue weighted by molar-refractivity contribution is 5.06. The van der Waals surface area contributed by atoms with Crippen molar-refractivity contribution in [2.75, 3.05) is 0 Å². The minimum Gasteiger partial charge on any atom is -0.311 e. The van der Waals surface area contributed by atoms with Gasteiger partial charge in [0.1, 0.15) is 0 Å². The van der Waals surface area contributed by atoms with Gasteiger partial charge in [-0.15, -0.1) is 0 Å². The van der Waals surface area contributed by atoms with Gasteiger partial charge in [0.25, 0.3) is 0 Å². The smallest absolute Gasteiger partial charge is 0.0196 e. The number of hydrogen-bond acceptors (Lipinski definition) is 2. The Labute approximate surface area is 126 Å². The summed E-state index contributed by atoms with van der Waals surface area (Å²) in [5.41, 5.74) is 0.568. The van der Waals surface area contributed by atoms with Crippen LogP contribution in [0.25, 0.3) is 0 Å². The summed E-state index contributed by atoms with van der Waals surface area (Å²) >= 11 is 0. The van der Waals surface area contributed by atoms with Gasteiger partial charge in [0.2, 0.25) is 0 Å². The fourth-order valence-electron chi connectivity index (χ4n) is 4.38. The molecule has 4 unspecified atom stereocenters. The van der Waals surface area contributed by atoms with Crippen LogP contribution in [0.2, 0.25) is 0 Å². The van der Waals surface area contributed by atoms with Gasteiger partial charge in [0.05, 0.1) is 0 Å². The molecule has 1 aliphatic heterocycles. The highest BCUT2D eigenvalue weighted by Gasteiger charge is 2.46. The second kappa shape index (κ2) is 6.36. The number of hydrogen-bond donors (Lipinski definition) is 2. The zero-order valence-corrected chi connectivity index (χ0v) is 14.4. The molecule has 0 aromatic carbocycles. The molecule has 2 N–H and O–H groups in total. The summed E-state index contributed by atoms with van der Waals surface area (Å²) in [6, 6.07) is 1.45. The highest BCUT2D eigenvalue weighted by atomic mass is 15.1. The van der Waals surface area contributed by atoms with Gasteiger partial charge in [-0.05, 0) is 51.9 Å². The standard InChI is InChI=1S/C18H36N2/c1-6-17(4)13-16(14(3)18(5,7-2)20-17)19-15-11-9-8-10-12-15/h14-16,19-20H,6-13H2,1-5H3. The molecule has 2 nitrogen and oxygen atoms in total. The van der Waals surface area contributed by atoms with Gasteiger partial charge in [-0.2, -0.15) is 0 Å². The van der Waals surface area contributed by atoms with Crippen LogP contribution in [0.3, 0.4) is 0 Å². The topological polar surface area (TPSA) is 24.1 Å². The van der Waals surface area contributed by atoms with Crippen molar-refractivity contribution in [2.24, 2.45) is 5.92 Å². The number of nitrogens with one attached hydrogen (secondary N) is 2. The molecule has 0 radical (unpaired) electrons. The van der Waals surface area contributed by atoms with Crippen LogP contribution in [-0.4, -0.2) is 23.2 Å². The Morgan fingerprint density at radius 3 is 2.25 bits per heavy atom. The van der Waals surface area contributed by atoms with E-state index in [4.69, 9.17) is 0 Å². The summed E-state index contributed by atoms with van der Waals surface area (Å²) in [5.74, 6) is 0.703. The first kappa shape index (κ1) is 16.3. The van der Waals surface area contributed by atoms with Crippen LogP contribution in [0.4, 0.5) is 0 Å². The van der Waals surface area contributed by atoms with Crippen LogP contribution in [-0.2, 0) is 0 Å². The molecule has 1 saturated heterocycles. The molecular weight excluding hydrogens is 244 g/mol. The first-order valence-electron chi connectivity index (χ1n) is 8.98. The molecule has 0 spiro atoms. The Balaban J connectivity index is 2.08. The third-order valence-corrected chi connectivity index (χ3v) is 6.44. The molecule has 2 heteroatoms. The molecule has 1 saturated carbocycles. The molecule has 0 bridgehead atoms.